The van der Waals surface area contributed by atoms with Crippen LogP contribution in [0, 0.1) is 0 Å². The van der Waals surface area contributed by atoms with Crippen molar-refractivity contribution in [2.24, 2.45) is 4.99 Å². The van der Waals surface area contributed by atoms with Crippen molar-refractivity contribution < 1.29 is 14.7 Å². The molecule has 2 aliphatic heterocycles. The minimum absolute atomic E-state index is 0.157. The van der Waals surface area contributed by atoms with Crippen LogP contribution in [0.2, 0.25) is 0 Å². The summed E-state index contributed by atoms with van der Waals surface area (Å²) in [6.45, 7) is 3.79. The van der Waals surface area contributed by atoms with Gasteiger partial charge in [-0.25, -0.2) is 4.79 Å². The summed E-state index contributed by atoms with van der Waals surface area (Å²) in [6, 6.07) is 6.73. The van der Waals surface area contributed by atoms with Gasteiger partial charge in [0.05, 0.1) is 17.8 Å². The average Bonchev–Trinajstić information content (AvgIpc) is 3.06. The van der Waals surface area contributed by atoms with Gasteiger partial charge in [-0.1, -0.05) is 19.1 Å². The number of aliphatic imine (C=N–C) groups is 1. The molecule has 21 heavy (non-hydrogen) atoms. The third kappa shape index (κ3) is 2.35. The molecular formula is C16H16N2O3. The number of carboxylic acids is 1. The number of rotatable bonds is 3. The van der Waals surface area contributed by atoms with Crippen molar-refractivity contribution in [3.8, 4) is 0 Å². The van der Waals surface area contributed by atoms with E-state index in [1.54, 1.807) is 24.3 Å². The Morgan fingerprint density at radius 1 is 1.24 bits per heavy atom. The van der Waals surface area contributed by atoms with Gasteiger partial charge in [0.15, 0.2) is 0 Å². The predicted octanol–water partition coefficient (Wildman–Crippen LogP) is 1.74. The van der Waals surface area contributed by atoms with Crippen molar-refractivity contribution in [3.63, 3.8) is 0 Å². The Hall–Kier alpha value is -2.43. The van der Waals surface area contributed by atoms with Crippen LogP contribution in [0.5, 0.6) is 0 Å². The fraction of sp³-hybridized carbons (Fsp3) is 0.312. The Morgan fingerprint density at radius 3 is 2.57 bits per heavy atom. The molecule has 0 aliphatic carbocycles. The van der Waals surface area contributed by atoms with Crippen LogP contribution >= 0.6 is 0 Å². The number of benzene rings is 1. The molecule has 0 fully saturated rings. The average molecular weight is 284 g/mol. The lowest BCUT2D eigenvalue weighted by Crippen LogP contribution is -2.30. The summed E-state index contributed by atoms with van der Waals surface area (Å²) in [6.07, 6.45) is 0.514. The number of hydrogen-bond acceptors (Lipinski definition) is 3. The first-order valence-electron chi connectivity index (χ1n) is 6.97. The first kappa shape index (κ1) is 13.5. The zero-order valence-electron chi connectivity index (χ0n) is 11.8. The first-order valence-corrected chi connectivity index (χ1v) is 6.97. The Labute approximate surface area is 122 Å². The van der Waals surface area contributed by atoms with Gasteiger partial charge in [0, 0.05) is 30.6 Å². The Morgan fingerprint density at radius 2 is 1.95 bits per heavy atom. The highest BCUT2D eigenvalue weighted by Gasteiger charge is 2.31. The van der Waals surface area contributed by atoms with Gasteiger partial charge >= 0.3 is 5.97 Å². The van der Waals surface area contributed by atoms with Crippen molar-refractivity contribution in [2.45, 2.75) is 13.3 Å². The molecule has 1 N–H and O–H groups in total. The predicted molar refractivity (Wildman–Crippen MR) is 78.7 cm³/mol. The molecule has 1 amide bonds. The fourth-order valence-corrected chi connectivity index (χ4v) is 2.78. The SMILES string of the molecule is CCC(=O)N1CC2=C(C1)C(c1ccc(C(=O)O)cc1)=NC2. The van der Waals surface area contributed by atoms with Gasteiger partial charge in [-0.15, -0.1) is 0 Å². The topological polar surface area (TPSA) is 70.0 Å². The van der Waals surface area contributed by atoms with Gasteiger partial charge < -0.3 is 10.0 Å². The van der Waals surface area contributed by atoms with E-state index in [1.165, 1.54) is 5.57 Å². The fourth-order valence-electron chi connectivity index (χ4n) is 2.78. The largest absolute Gasteiger partial charge is 0.478 e. The second-order valence-electron chi connectivity index (χ2n) is 5.23. The molecule has 0 saturated carbocycles. The number of nitrogens with zero attached hydrogens (tertiary/aromatic N) is 2. The molecule has 0 aromatic heterocycles. The highest BCUT2D eigenvalue weighted by Crippen LogP contribution is 2.28. The lowest BCUT2D eigenvalue weighted by molar-refractivity contribution is -0.129. The van der Waals surface area contributed by atoms with E-state index >= 15 is 0 Å². The highest BCUT2D eigenvalue weighted by molar-refractivity contribution is 6.15. The number of carboxylic acid groups (broad SMARTS) is 1. The van der Waals surface area contributed by atoms with Crippen LogP contribution < -0.4 is 0 Å². The standard InChI is InChI=1S/C16H16N2O3/c1-2-14(19)18-8-12-7-17-15(13(12)9-18)10-3-5-11(6-4-10)16(20)21/h3-6H,2,7-9H2,1H3,(H,20,21). The van der Waals surface area contributed by atoms with Gasteiger partial charge in [-0.2, -0.15) is 0 Å². The molecule has 0 radical (unpaired) electrons. The van der Waals surface area contributed by atoms with Crippen LogP contribution in [0.25, 0.3) is 0 Å². The minimum atomic E-state index is -0.935. The quantitative estimate of drug-likeness (QED) is 0.919. The Balaban J connectivity index is 1.82. The van der Waals surface area contributed by atoms with Crippen LogP contribution in [-0.2, 0) is 4.79 Å². The summed E-state index contributed by atoms with van der Waals surface area (Å²) in [5.74, 6) is -0.777. The van der Waals surface area contributed by atoms with Crippen molar-refractivity contribution in [3.05, 3.63) is 46.5 Å². The van der Waals surface area contributed by atoms with E-state index < -0.39 is 5.97 Å². The normalized spacial score (nSPS) is 17.0. The maximum Gasteiger partial charge on any atom is 0.335 e. The molecule has 2 aliphatic rings. The third-order valence-corrected chi connectivity index (χ3v) is 3.93. The molecular weight excluding hydrogens is 268 g/mol. The van der Waals surface area contributed by atoms with Crippen LogP contribution in [0.3, 0.4) is 0 Å². The molecule has 5 heteroatoms. The summed E-state index contributed by atoms with van der Waals surface area (Å²) in [5, 5.41) is 8.93. The number of hydrogen-bond donors (Lipinski definition) is 1. The molecule has 1 aromatic carbocycles. The zero-order valence-corrected chi connectivity index (χ0v) is 11.8. The molecule has 0 saturated heterocycles. The van der Waals surface area contributed by atoms with Gasteiger partial charge in [-0.3, -0.25) is 9.79 Å². The molecule has 0 unspecified atom stereocenters. The Kier molecular flexibility index (Phi) is 3.33. The molecule has 0 spiro atoms. The van der Waals surface area contributed by atoms with Crippen LogP contribution in [0.15, 0.2) is 40.4 Å². The monoisotopic (exact) mass is 284 g/mol. The first-order chi connectivity index (χ1) is 10.1. The van der Waals surface area contributed by atoms with Crippen LogP contribution in [0.1, 0.15) is 29.3 Å². The molecule has 5 nitrogen and oxygen atoms in total. The summed E-state index contributed by atoms with van der Waals surface area (Å²) in [4.78, 5) is 29.1. The molecule has 3 rings (SSSR count). The Bertz CT molecular complexity index is 671. The summed E-state index contributed by atoms with van der Waals surface area (Å²) in [7, 11) is 0. The van der Waals surface area contributed by atoms with E-state index in [0.717, 1.165) is 16.8 Å². The van der Waals surface area contributed by atoms with E-state index in [1.807, 2.05) is 11.8 Å². The second-order valence-corrected chi connectivity index (χ2v) is 5.23. The smallest absolute Gasteiger partial charge is 0.335 e. The van der Waals surface area contributed by atoms with Crippen molar-refractivity contribution in [1.29, 1.82) is 0 Å². The van der Waals surface area contributed by atoms with E-state index in [2.05, 4.69) is 4.99 Å². The molecule has 0 atom stereocenters. The number of carbonyl (C=O) groups is 2. The summed E-state index contributed by atoms with van der Waals surface area (Å²) < 4.78 is 0. The second kappa shape index (κ2) is 5.16. The summed E-state index contributed by atoms with van der Waals surface area (Å²) >= 11 is 0. The summed E-state index contributed by atoms with van der Waals surface area (Å²) in [5.41, 5.74) is 4.40. The van der Waals surface area contributed by atoms with Gasteiger partial charge in [-0.05, 0) is 17.7 Å². The minimum Gasteiger partial charge on any atom is -0.478 e. The maximum absolute atomic E-state index is 11.8. The number of amides is 1. The van der Waals surface area contributed by atoms with Crippen LogP contribution in [-0.4, -0.2) is 47.2 Å². The lowest BCUT2D eigenvalue weighted by atomic mass is 10.0. The molecule has 2 heterocycles. The molecule has 1 aromatic rings. The number of carbonyl (C=O) groups excluding carboxylic acids is 1. The van der Waals surface area contributed by atoms with Crippen LogP contribution in [0.4, 0.5) is 0 Å². The van der Waals surface area contributed by atoms with Crippen molar-refractivity contribution >= 4 is 17.6 Å². The van der Waals surface area contributed by atoms with E-state index in [4.69, 9.17) is 5.11 Å². The van der Waals surface area contributed by atoms with Crippen molar-refractivity contribution in [2.75, 3.05) is 19.6 Å². The number of aromatic carboxylic acids is 1. The molecule has 108 valence electrons. The van der Waals surface area contributed by atoms with Crippen molar-refractivity contribution in [1.82, 2.24) is 4.90 Å². The van der Waals surface area contributed by atoms with Gasteiger partial charge in [0.1, 0.15) is 0 Å². The van der Waals surface area contributed by atoms with E-state index in [9.17, 15) is 9.59 Å². The lowest BCUT2D eigenvalue weighted by Gasteiger charge is -2.17. The maximum atomic E-state index is 11.8. The van der Waals surface area contributed by atoms with E-state index in [0.29, 0.717) is 26.1 Å². The van der Waals surface area contributed by atoms with Gasteiger partial charge in [0.25, 0.3) is 0 Å². The third-order valence-electron chi connectivity index (χ3n) is 3.93. The molecule has 0 bridgehead atoms. The van der Waals surface area contributed by atoms with Gasteiger partial charge in [0.2, 0.25) is 5.91 Å². The zero-order chi connectivity index (χ0) is 15.0. The highest BCUT2D eigenvalue weighted by atomic mass is 16.4. The van der Waals surface area contributed by atoms with E-state index in [-0.39, 0.29) is 11.5 Å².